The van der Waals surface area contributed by atoms with Gasteiger partial charge in [-0.05, 0) is 6.92 Å². The van der Waals surface area contributed by atoms with Crippen molar-refractivity contribution in [3.8, 4) is 5.13 Å². The molecular formula is C10H13N5O2S. The fourth-order valence-corrected chi connectivity index (χ4v) is 2.25. The van der Waals surface area contributed by atoms with Crippen molar-refractivity contribution in [3.63, 3.8) is 0 Å². The minimum atomic E-state index is -1.09. The predicted octanol–water partition coefficient (Wildman–Crippen LogP) is 1.42. The SMILES string of the molecule is Cc1nnc(-n2nnc(C(=O)O)c2C(C)(C)C)s1. The molecule has 0 spiro atoms. The third kappa shape index (κ3) is 2.10. The molecule has 8 heteroatoms. The number of carboxylic acids is 1. The van der Waals surface area contributed by atoms with Crippen LogP contribution >= 0.6 is 11.3 Å². The number of aromatic nitrogens is 5. The molecule has 0 saturated carbocycles. The van der Waals surface area contributed by atoms with Crippen molar-refractivity contribution in [3.05, 3.63) is 16.4 Å². The summed E-state index contributed by atoms with van der Waals surface area (Å²) in [7, 11) is 0. The monoisotopic (exact) mass is 267 g/mol. The summed E-state index contributed by atoms with van der Waals surface area (Å²) < 4.78 is 1.45. The smallest absolute Gasteiger partial charge is 0.358 e. The highest BCUT2D eigenvalue weighted by atomic mass is 32.1. The summed E-state index contributed by atoms with van der Waals surface area (Å²) in [5.41, 5.74) is 0.0677. The van der Waals surface area contributed by atoms with Gasteiger partial charge in [-0.15, -0.1) is 15.3 Å². The minimum absolute atomic E-state index is 0.0460. The molecule has 1 N–H and O–H groups in total. The average molecular weight is 267 g/mol. The molecule has 0 bridgehead atoms. The number of hydrogen-bond donors (Lipinski definition) is 1. The number of aromatic carboxylic acids is 1. The van der Waals surface area contributed by atoms with Gasteiger partial charge in [0.25, 0.3) is 0 Å². The van der Waals surface area contributed by atoms with Gasteiger partial charge in [0.2, 0.25) is 5.13 Å². The standard InChI is InChI=1S/C10H13N5O2S/c1-5-11-13-9(18-5)15-7(10(2,3)4)6(8(16)17)12-14-15/h1-4H3,(H,16,17). The first-order valence-electron chi connectivity index (χ1n) is 5.30. The van der Waals surface area contributed by atoms with Crippen LogP contribution < -0.4 is 0 Å². The largest absolute Gasteiger partial charge is 0.476 e. The quantitative estimate of drug-likeness (QED) is 0.884. The Morgan fingerprint density at radius 2 is 1.94 bits per heavy atom. The number of carbonyl (C=O) groups is 1. The summed E-state index contributed by atoms with van der Waals surface area (Å²) in [6, 6.07) is 0. The van der Waals surface area contributed by atoms with Crippen LogP contribution in [0, 0.1) is 6.92 Å². The van der Waals surface area contributed by atoms with Crippen LogP contribution in [-0.2, 0) is 5.41 Å². The molecule has 0 aliphatic heterocycles. The van der Waals surface area contributed by atoms with Crippen LogP contribution in [0.2, 0.25) is 0 Å². The number of nitrogens with zero attached hydrogens (tertiary/aromatic N) is 5. The Morgan fingerprint density at radius 3 is 2.39 bits per heavy atom. The molecule has 96 valence electrons. The zero-order valence-electron chi connectivity index (χ0n) is 10.5. The van der Waals surface area contributed by atoms with Crippen LogP contribution in [-0.4, -0.2) is 36.3 Å². The molecule has 0 aliphatic carbocycles. The lowest BCUT2D eigenvalue weighted by molar-refractivity contribution is 0.0687. The van der Waals surface area contributed by atoms with E-state index in [1.54, 1.807) is 0 Å². The molecule has 2 rings (SSSR count). The van der Waals surface area contributed by atoms with Gasteiger partial charge in [-0.2, -0.15) is 4.68 Å². The van der Waals surface area contributed by atoms with E-state index in [2.05, 4.69) is 20.5 Å². The van der Waals surface area contributed by atoms with E-state index in [9.17, 15) is 4.79 Å². The highest BCUT2D eigenvalue weighted by Crippen LogP contribution is 2.27. The van der Waals surface area contributed by atoms with Gasteiger partial charge >= 0.3 is 5.97 Å². The zero-order valence-corrected chi connectivity index (χ0v) is 11.3. The maximum Gasteiger partial charge on any atom is 0.358 e. The van der Waals surface area contributed by atoms with Gasteiger partial charge in [0, 0.05) is 5.41 Å². The van der Waals surface area contributed by atoms with Gasteiger partial charge in [0.15, 0.2) is 5.69 Å². The predicted molar refractivity (Wildman–Crippen MR) is 65.2 cm³/mol. The first kappa shape index (κ1) is 12.6. The molecule has 0 radical (unpaired) electrons. The highest BCUT2D eigenvalue weighted by Gasteiger charge is 2.30. The van der Waals surface area contributed by atoms with Crippen LogP contribution in [0.1, 0.15) is 42.0 Å². The van der Waals surface area contributed by atoms with E-state index in [1.165, 1.54) is 16.0 Å². The lowest BCUT2D eigenvalue weighted by atomic mass is 9.90. The Bertz CT molecular complexity index is 596. The Morgan fingerprint density at radius 1 is 1.28 bits per heavy atom. The lowest BCUT2D eigenvalue weighted by Crippen LogP contribution is -2.21. The van der Waals surface area contributed by atoms with Gasteiger partial charge in [0.1, 0.15) is 5.01 Å². The Hall–Kier alpha value is -1.83. The van der Waals surface area contributed by atoms with Crippen LogP contribution in [0.4, 0.5) is 0 Å². The van der Waals surface area contributed by atoms with Crippen molar-refractivity contribution < 1.29 is 9.90 Å². The van der Waals surface area contributed by atoms with Gasteiger partial charge in [-0.25, -0.2) is 4.79 Å². The third-order valence-electron chi connectivity index (χ3n) is 2.28. The molecule has 2 aromatic rings. The zero-order chi connectivity index (χ0) is 13.5. The molecule has 0 aliphatic rings. The van der Waals surface area contributed by atoms with Crippen molar-refractivity contribution in [2.24, 2.45) is 0 Å². The van der Waals surface area contributed by atoms with E-state index < -0.39 is 11.4 Å². The second-order valence-electron chi connectivity index (χ2n) is 4.86. The summed E-state index contributed by atoms with van der Waals surface area (Å²) >= 11 is 1.34. The van der Waals surface area contributed by atoms with Crippen LogP contribution in [0.3, 0.4) is 0 Å². The lowest BCUT2D eigenvalue weighted by Gasteiger charge is -2.18. The summed E-state index contributed by atoms with van der Waals surface area (Å²) in [5, 5.41) is 25.9. The molecule has 7 nitrogen and oxygen atoms in total. The van der Waals surface area contributed by atoms with E-state index in [1.807, 2.05) is 27.7 Å². The second kappa shape index (κ2) is 4.13. The first-order valence-corrected chi connectivity index (χ1v) is 6.12. The van der Waals surface area contributed by atoms with Gasteiger partial charge in [0.05, 0.1) is 5.69 Å². The van der Waals surface area contributed by atoms with E-state index in [0.29, 0.717) is 10.8 Å². The van der Waals surface area contributed by atoms with Crippen molar-refractivity contribution in [1.82, 2.24) is 25.2 Å². The summed E-state index contributed by atoms with van der Waals surface area (Å²) in [4.78, 5) is 11.2. The van der Waals surface area contributed by atoms with Crippen molar-refractivity contribution in [1.29, 1.82) is 0 Å². The minimum Gasteiger partial charge on any atom is -0.476 e. The number of rotatable bonds is 2. The third-order valence-corrected chi connectivity index (χ3v) is 3.09. The molecule has 2 aromatic heterocycles. The fraction of sp³-hybridized carbons (Fsp3) is 0.500. The highest BCUT2D eigenvalue weighted by molar-refractivity contribution is 7.13. The average Bonchev–Trinajstić information content (AvgIpc) is 2.80. The van der Waals surface area contributed by atoms with E-state index >= 15 is 0 Å². The van der Waals surface area contributed by atoms with E-state index in [0.717, 1.165) is 5.01 Å². The molecule has 0 unspecified atom stereocenters. The maximum absolute atomic E-state index is 11.2. The summed E-state index contributed by atoms with van der Waals surface area (Å²) in [6.45, 7) is 7.54. The molecule has 0 amide bonds. The molecule has 0 atom stereocenters. The number of aryl methyl sites for hydroxylation is 1. The normalized spacial score (nSPS) is 11.8. The van der Waals surface area contributed by atoms with Gasteiger partial charge < -0.3 is 5.11 Å². The van der Waals surface area contributed by atoms with Crippen LogP contribution in [0.5, 0.6) is 0 Å². The fourth-order valence-electron chi connectivity index (χ4n) is 1.60. The molecule has 0 fully saturated rings. The van der Waals surface area contributed by atoms with Crippen molar-refractivity contribution in [2.75, 3.05) is 0 Å². The van der Waals surface area contributed by atoms with Crippen LogP contribution in [0.25, 0.3) is 5.13 Å². The van der Waals surface area contributed by atoms with Gasteiger partial charge in [-0.3, -0.25) is 0 Å². The van der Waals surface area contributed by atoms with Gasteiger partial charge in [-0.1, -0.05) is 37.3 Å². The molecule has 2 heterocycles. The maximum atomic E-state index is 11.2. The molecule has 18 heavy (non-hydrogen) atoms. The molecular weight excluding hydrogens is 254 g/mol. The van der Waals surface area contributed by atoms with Crippen LogP contribution in [0.15, 0.2) is 0 Å². The first-order chi connectivity index (χ1) is 8.30. The van der Waals surface area contributed by atoms with Crippen molar-refractivity contribution >= 4 is 17.3 Å². The second-order valence-corrected chi connectivity index (χ2v) is 6.02. The van der Waals surface area contributed by atoms with E-state index in [-0.39, 0.29) is 5.69 Å². The Labute approximate surface area is 107 Å². The Balaban J connectivity index is 2.66. The Kier molecular flexibility index (Phi) is 2.89. The number of carboxylic acid groups (broad SMARTS) is 1. The summed E-state index contributed by atoms with van der Waals surface area (Å²) in [6.07, 6.45) is 0. The van der Waals surface area contributed by atoms with E-state index in [4.69, 9.17) is 5.11 Å². The van der Waals surface area contributed by atoms with Crippen molar-refractivity contribution in [2.45, 2.75) is 33.1 Å². The molecule has 0 saturated heterocycles. The number of hydrogen-bond acceptors (Lipinski definition) is 6. The molecule has 0 aromatic carbocycles. The topological polar surface area (TPSA) is 93.8 Å². The summed E-state index contributed by atoms with van der Waals surface area (Å²) in [5.74, 6) is -1.09.